The van der Waals surface area contributed by atoms with E-state index in [4.69, 9.17) is 4.74 Å². The van der Waals surface area contributed by atoms with Crippen molar-refractivity contribution in [1.82, 2.24) is 0 Å². The first-order valence-corrected chi connectivity index (χ1v) is 6.62. The van der Waals surface area contributed by atoms with Crippen molar-refractivity contribution in [3.8, 4) is 5.75 Å². The summed E-state index contributed by atoms with van der Waals surface area (Å²) < 4.78 is 5.67. The van der Waals surface area contributed by atoms with Crippen LogP contribution < -0.4 is 4.74 Å². The number of aliphatic hydroxyl groups is 1. The zero-order chi connectivity index (χ0) is 15.4. The van der Waals surface area contributed by atoms with Crippen LogP contribution in [0.25, 0.3) is 0 Å². The molecule has 0 amide bonds. The van der Waals surface area contributed by atoms with Gasteiger partial charge in [0.15, 0.2) is 0 Å². The van der Waals surface area contributed by atoms with Gasteiger partial charge in [-0.1, -0.05) is 23.8 Å². The molecule has 0 aliphatic rings. The summed E-state index contributed by atoms with van der Waals surface area (Å²) >= 11 is 0. The van der Waals surface area contributed by atoms with Crippen LogP contribution in [0, 0.1) is 17.0 Å². The average Bonchev–Trinajstić information content (AvgIpc) is 2.46. The lowest BCUT2D eigenvalue weighted by molar-refractivity contribution is -0.385. The van der Waals surface area contributed by atoms with Crippen molar-refractivity contribution in [1.29, 1.82) is 0 Å². The van der Waals surface area contributed by atoms with Gasteiger partial charge in [-0.2, -0.15) is 0 Å². The largest absolute Gasteiger partial charge is 0.488 e. The number of aryl methyl sites for hydroxylation is 1. The number of benzene rings is 2. The fraction of sp³-hybridized carbons (Fsp3) is 0.250. The van der Waals surface area contributed by atoms with E-state index in [-0.39, 0.29) is 12.3 Å². The van der Waals surface area contributed by atoms with Crippen molar-refractivity contribution < 1.29 is 14.8 Å². The van der Waals surface area contributed by atoms with Crippen LogP contribution in [0.4, 0.5) is 5.69 Å². The lowest BCUT2D eigenvalue weighted by Gasteiger charge is -2.14. The lowest BCUT2D eigenvalue weighted by Crippen LogP contribution is -2.03. The van der Waals surface area contributed by atoms with Gasteiger partial charge >= 0.3 is 0 Å². The first kappa shape index (κ1) is 15.0. The molecule has 0 saturated heterocycles. The van der Waals surface area contributed by atoms with Gasteiger partial charge in [-0.15, -0.1) is 0 Å². The van der Waals surface area contributed by atoms with Crippen molar-refractivity contribution >= 4 is 5.69 Å². The standard InChI is InChI=1S/C16H17NO4/c1-11-7-8-16(14(9-11)12(2)18)21-10-13-5-3-4-6-15(13)17(19)20/h3-9,12,18H,10H2,1-2H3/t12-/m0/s1. The molecular weight excluding hydrogens is 270 g/mol. The molecule has 0 bridgehead atoms. The maximum absolute atomic E-state index is 11.0. The Hall–Kier alpha value is -2.40. The smallest absolute Gasteiger partial charge is 0.276 e. The highest BCUT2D eigenvalue weighted by Crippen LogP contribution is 2.28. The van der Waals surface area contributed by atoms with Gasteiger partial charge in [-0.25, -0.2) is 0 Å². The Labute approximate surface area is 123 Å². The molecule has 21 heavy (non-hydrogen) atoms. The molecule has 0 spiro atoms. The second-order valence-corrected chi connectivity index (χ2v) is 4.89. The molecule has 5 nitrogen and oxygen atoms in total. The summed E-state index contributed by atoms with van der Waals surface area (Å²) in [4.78, 5) is 10.5. The van der Waals surface area contributed by atoms with E-state index in [0.29, 0.717) is 16.9 Å². The van der Waals surface area contributed by atoms with E-state index in [1.807, 2.05) is 19.1 Å². The molecule has 0 saturated carbocycles. The number of nitro groups is 1. The van der Waals surface area contributed by atoms with Crippen molar-refractivity contribution in [2.45, 2.75) is 26.6 Å². The lowest BCUT2D eigenvalue weighted by atomic mass is 10.1. The van der Waals surface area contributed by atoms with Crippen molar-refractivity contribution in [2.75, 3.05) is 0 Å². The Bertz CT molecular complexity index is 652. The molecule has 0 unspecified atom stereocenters. The van der Waals surface area contributed by atoms with Gasteiger partial charge in [0.25, 0.3) is 5.69 Å². The van der Waals surface area contributed by atoms with E-state index in [1.54, 1.807) is 31.2 Å². The number of nitro benzene ring substituents is 1. The van der Waals surface area contributed by atoms with Gasteiger partial charge < -0.3 is 9.84 Å². The summed E-state index contributed by atoms with van der Waals surface area (Å²) in [5, 5.41) is 20.7. The summed E-state index contributed by atoms with van der Waals surface area (Å²) in [5.41, 5.74) is 2.22. The van der Waals surface area contributed by atoms with Crippen molar-refractivity contribution in [3.63, 3.8) is 0 Å². The summed E-state index contributed by atoms with van der Waals surface area (Å²) in [7, 11) is 0. The maximum Gasteiger partial charge on any atom is 0.276 e. The third kappa shape index (κ3) is 3.58. The highest BCUT2D eigenvalue weighted by Gasteiger charge is 2.14. The Morgan fingerprint density at radius 3 is 2.67 bits per heavy atom. The molecule has 0 radical (unpaired) electrons. The highest BCUT2D eigenvalue weighted by molar-refractivity contribution is 5.41. The minimum atomic E-state index is -0.661. The number of rotatable bonds is 5. The van der Waals surface area contributed by atoms with Crippen LogP contribution in [-0.4, -0.2) is 10.0 Å². The van der Waals surface area contributed by atoms with E-state index in [1.165, 1.54) is 6.07 Å². The molecule has 2 aromatic rings. The highest BCUT2D eigenvalue weighted by atomic mass is 16.6. The zero-order valence-electron chi connectivity index (χ0n) is 11.9. The molecule has 110 valence electrons. The number of aliphatic hydroxyl groups excluding tert-OH is 1. The number of hydrogen-bond acceptors (Lipinski definition) is 4. The van der Waals surface area contributed by atoms with Crippen LogP contribution in [0.3, 0.4) is 0 Å². The predicted molar refractivity (Wildman–Crippen MR) is 79.2 cm³/mol. The van der Waals surface area contributed by atoms with Crippen LogP contribution in [0.5, 0.6) is 5.75 Å². The predicted octanol–water partition coefficient (Wildman–Crippen LogP) is 3.54. The molecule has 1 N–H and O–H groups in total. The van der Waals surface area contributed by atoms with Gasteiger partial charge in [0.2, 0.25) is 0 Å². The number of para-hydroxylation sites is 1. The normalized spacial score (nSPS) is 12.0. The summed E-state index contributed by atoms with van der Waals surface area (Å²) in [6, 6.07) is 12.0. The van der Waals surface area contributed by atoms with Crippen molar-refractivity contribution in [3.05, 3.63) is 69.3 Å². The number of nitrogens with zero attached hydrogens (tertiary/aromatic N) is 1. The first-order valence-electron chi connectivity index (χ1n) is 6.62. The van der Waals surface area contributed by atoms with E-state index in [2.05, 4.69) is 0 Å². The Kier molecular flexibility index (Phi) is 4.55. The molecule has 0 aromatic heterocycles. The SMILES string of the molecule is Cc1ccc(OCc2ccccc2[N+](=O)[O-])c([C@H](C)O)c1. The summed E-state index contributed by atoms with van der Waals surface area (Å²) in [5.74, 6) is 0.536. The van der Waals surface area contributed by atoms with Crippen LogP contribution in [-0.2, 0) is 6.61 Å². The van der Waals surface area contributed by atoms with Gasteiger partial charge in [-0.3, -0.25) is 10.1 Å². The van der Waals surface area contributed by atoms with E-state index in [0.717, 1.165) is 5.56 Å². The van der Waals surface area contributed by atoms with Crippen LogP contribution >= 0.6 is 0 Å². The van der Waals surface area contributed by atoms with Crippen LogP contribution in [0.15, 0.2) is 42.5 Å². The fourth-order valence-corrected chi connectivity index (χ4v) is 2.09. The maximum atomic E-state index is 11.0. The van der Waals surface area contributed by atoms with Crippen LogP contribution in [0.2, 0.25) is 0 Å². The second-order valence-electron chi connectivity index (χ2n) is 4.89. The van der Waals surface area contributed by atoms with Crippen molar-refractivity contribution in [2.24, 2.45) is 0 Å². The molecule has 2 aromatic carbocycles. The van der Waals surface area contributed by atoms with E-state index in [9.17, 15) is 15.2 Å². The van der Waals surface area contributed by atoms with E-state index >= 15 is 0 Å². The summed E-state index contributed by atoms with van der Waals surface area (Å²) in [6.45, 7) is 3.67. The topological polar surface area (TPSA) is 72.6 Å². The van der Waals surface area contributed by atoms with Gasteiger partial charge in [-0.05, 0) is 32.0 Å². The molecular formula is C16H17NO4. The third-order valence-electron chi connectivity index (χ3n) is 3.19. The van der Waals surface area contributed by atoms with Gasteiger partial charge in [0, 0.05) is 11.6 Å². The Morgan fingerprint density at radius 2 is 2.00 bits per heavy atom. The molecule has 0 aliphatic carbocycles. The zero-order valence-corrected chi connectivity index (χ0v) is 11.9. The molecule has 0 heterocycles. The summed E-state index contributed by atoms with van der Waals surface area (Å²) in [6.07, 6.45) is -0.661. The minimum absolute atomic E-state index is 0.0307. The Balaban J connectivity index is 2.23. The number of hydrogen-bond donors (Lipinski definition) is 1. The van der Waals surface area contributed by atoms with Crippen LogP contribution in [0.1, 0.15) is 29.7 Å². The molecule has 1 atom stereocenters. The quantitative estimate of drug-likeness (QED) is 0.674. The molecule has 0 fully saturated rings. The van der Waals surface area contributed by atoms with Gasteiger partial charge in [0.05, 0.1) is 16.6 Å². The molecule has 0 aliphatic heterocycles. The fourth-order valence-electron chi connectivity index (χ4n) is 2.09. The minimum Gasteiger partial charge on any atom is -0.488 e. The second kappa shape index (κ2) is 6.37. The van der Waals surface area contributed by atoms with Gasteiger partial charge in [0.1, 0.15) is 12.4 Å². The molecule has 2 rings (SSSR count). The molecule has 5 heteroatoms. The number of ether oxygens (including phenoxy) is 1. The van der Waals surface area contributed by atoms with E-state index < -0.39 is 11.0 Å². The monoisotopic (exact) mass is 287 g/mol. The third-order valence-corrected chi connectivity index (χ3v) is 3.19. The first-order chi connectivity index (χ1) is 9.99. The Morgan fingerprint density at radius 1 is 1.29 bits per heavy atom. The average molecular weight is 287 g/mol.